The molecule has 0 amide bonds. The molecule has 1 aliphatic rings. The van der Waals surface area contributed by atoms with Gasteiger partial charge in [-0.05, 0) is 36.8 Å². The Morgan fingerprint density at radius 2 is 1.85 bits per heavy atom. The largest absolute Gasteiger partial charge is 0.493 e. The molecule has 3 aromatic rings. The first-order valence-electron chi connectivity index (χ1n) is 8.59. The summed E-state index contributed by atoms with van der Waals surface area (Å²) in [6.07, 6.45) is 1.67. The van der Waals surface area contributed by atoms with E-state index in [1.165, 1.54) is 14.2 Å². The number of hydrogen-bond donors (Lipinski definition) is 0. The summed E-state index contributed by atoms with van der Waals surface area (Å²) in [7, 11) is 2.97. The van der Waals surface area contributed by atoms with Crippen molar-refractivity contribution >= 4 is 16.9 Å². The zero-order valence-corrected chi connectivity index (χ0v) is 15.0. The second kappa shape index (κ2) is 6.75. The molecule has 0 spiro atoms. The molecule has 4 rings (SSSR count). The molecule has 0 saturated heterocycles. The number of aromatic nitrogens is 2. The van der Waals surface area contributed by atoms with Crippen molar-refractivity contribution in [2.75, 3.05) is 14.2 Å². The second-order valence-corrected chi connectivity index (χ2v) is 6.20. The molecule has 1 aromatic heterocycles. The van der Waals surface area contributed by atoms with E-state index in [0.717, 1.165) is 18.7 Å². The van der Waals surface area contributed by atoms with Crippen LogP contribution in [0.25, 0.3) is 10.9 Å². The standard InChI is InChI=1S/C20H18N2O5/c1-25-15-5-3-6-16(26-2)18(15)27-20(24)12-8-9-13-14(11-12)21-17-7-4-10-22(17)19(13)23/h3,5-6,8-9,11H,4,7,10H2,1-2H3. The highest BCUT2D eigenvalue weighted by molar-refractivity contribution is 5.95. The molecular weight excluding hydrogens is 348 g/mol. The van der Waals surface area contributed by atoms with Crippen molar-refractivity contribution in [1.82, 2.24) is 9.55 Å². The van der Waals surface area contributed by atoms with Gasteiger partial charge < -0.3 is 14.2 Å². The molecule has 0 N–H and O–H groups in total. The minimum Gasteiger partial charge on any atom is -0.493 e. The molecule has 0 aliphatic carbocycles. The SMILES string of the molecule is COc1cccc(OC)c1OC(=O)c1ccc2c(=O)n3c(nc2c1)CCC3. The van der Waals surface area contributed by atoms with E-state index in [4.69, 9.17) is 14.2 Å². The molecule has 2 heterocycles. The monoisotopic (exact) mass is 366 g/mol. The minimum atomic E-state index is -0.581. The zero-order chi connectivity index (χ0) is 19.0. The Morgan fingerprint density at radius 1 is 1.11 bits per heavy atom. The van der Waals surface area contributed by atoms with Crippen LogP contribution in [0, 0.1) is 0 Å². The number of nitrogens with zero attached hydrogens (tertiary/aromatic N) is 2. The van der Waals surface area contributed by atoms with Gasteiger partial charge in [0.25, 0.3) is 5.56 Å². The molecule has 2 aromatic carbocycles. The quantitative estimate of drug-likeness (QED) is 0.522. The number of hydrogen-bond acceptors (Lipinski definition) is 6. The Kier molecular flexibility index (Phi) is 4.27. The number of ether oxygens (including phenoxy) is 3. The predicted octanol–water partition coefficient (Wildman–Crippen LogP) is 2.58. The summed E-state index contributed by atoms with van der Waals surface area (Å²) in [5, 5.41) is 0.493. The molecule has 7 heteroatoms. The summed E-state index contributed by atoms with van der Waals surface area (Å²) in [6, 6.07) is 9.86. The van der Waals surface area contributed by atoms with Gasteiger partial charge in [-0.3, -0.25) is 9.36 Å². The molecule has 0 fully saturated rings. The summed E-state index contributed by atoms with van der Waals surface area (Å²) in [5.74, 6) is 1.15. The van der Waals surface area contributed by atoms with Crippen molar-refractivity contribution in [2.45, 2.75) is 19.4 Å². The van der Waals surface area contributed by atoms with Gasteiger partial charge in [0.1, 0.15) is 5.82 Å². The number of fused-ring (bicyclic) bond motifs is 2. The van der Waals surface area contributed by atoms with Crippen LogP contribution in [0.5, 0.6) is 17.2 Å². The van der Waals surface area contributed by atoms with Gasteiger partial charge in [0, 0.05) is 13.0 Å². The van der Waals surface area contributed by atoms with Crippen LogP contribution in [-0.4, -0.2) is 29.7 Å². The lowest BCUT2D eigenvalue weighted by molar-refractivity contribution is 0.0724. The molecule has 0 saturated carbocycles. The van der Waals surface area contributed by atoms with E-state index in [-0.39, 0.29) is 11.3 Å². The smallest absolute Gasteiger partial charge is 0.343 e. The van der Waals surface area contributed by atoms with Gasteiger partial charge in [0.05, 0.1) is 30.7 Å². The van der Waals surface area contributed by atoms with Crippen molar-refractivity contribution in [1.29, 1.82) is 0 Å². The van der Waals surface area contributed by atoms with Crippen LogP contribution in [0.15, 0.2) is 41.2 Å². The van der Waals surface area contributed by atoms with Crippen molar-refractivity contribution in [3.63, 3.8) is 0 Å². The lowest BCUT2D eigenvalue weighted by Crippen LogP contribution is -2.21. The normalized spacial score (nSPS) is 12.7. The van der Waals surface area contributed by atoms with E-state index in [1.807, 2.05) is 0 Å². The van der Waals surface area contributed by atoms with Crippen LogP contribution in [0.3, 0.4) is 0 Å². The third-order valence-electron chi connectivity index (χ3n) is 4.63. The Labute approximate surface area is 155 Å². The van der Waals surface area contributed by atoms with Crippen LogP contribution in [-0.2, 0) is 13.0 Å². The van der Waals surface area contributed by atoms with Gasteiger partial charge in [-0.2, -0.15) is 0 Å². The number of esters is 1. The number of carbonyl (C=O) groups is 1. The first-order valence-corrected chi connectivity index (χ1v) is 8.59. The van der Waals surface area contributed by atoms with Crippen molar-refractivity contribution in [3.8, 4) is 17.2 Å². The Morgan fingerprint density at radius 3 is 2.56 bits per heavy atom. The highest BCUT2D eigenvalue weighted by atomic mass is 16.6. The lowest BCUT2D eigenvalue weighted by atomic mass is 10.1. The number of rotatable bonds is 4. The molecular formula is C20H18N2O5. The van der Waals surface area contributed by atoms with Crippen molar-refractivity contribution in [2.24, 2.45) is 0 Å². The topological polar surface area (TPSA) is 79.7 Å². The fourth-order valence-corrected chi connectivity index (χ4v) is 3.28. The molecule has 7 nitrogen and oxygen atoms in total. The molecule has 138 valence electrons. The van der Waals surface area contributed by atoms with Gasteiger partial charge in [-0.1, -0.05) is 6.07 Å². The summed E-state index contributed by atoms with van der Waals surface area (Å²) >= 11 is 0. The second-order valence-electron chi connectivity index (χ2n) is 6.20. The van der Waals surface area contributed by atoms with E-state index in [2.05, 4.69) is 4.98 Å². The first kappa shape index (κ1) is 17.1. The lowest BCUT2D eigenvalue weighted by Gasteiger charge is -2.13. The number of methoxy groups -OCH3 is 2. The third kappa shape index (κ3) is 2.91. The van der Waals surface area contributed by atoms with Crippen LogP contribution in [0.2, 0.25) is 0 Å². The average Bonchev–Trinajstić information content (AvgIpc) is 3.16. The number of benzene rings is 2. The van der Waals surface area contributed by atoms with E-state index in [0.29, 0.717) is 34.5 Å². The maximum absolute atomic E-state index is 12.7. The van der Waals surface area contributed by atoms with Gasteiger partial charge in [-0.25, -0.2) is 9.78 Å². The summed E-state index contributed by atoms with van der Waals surface area (Å²) in [4.78, 5) is 29.7. The summed E-state index contributed by atoms with van der Waals surface area (Å²) in [6.45, 7) is 0.689. The van der Waals surface area contributed by atoms with E-state index >= 15 is 0 Å². The maximum Gasteiger partial charge on any atom is 0.343 e. The van der Waals surface area contributed by atoms with E-state index in [9.17, 15) is 9.59 Å². The number of carbonyl (C=O) groups excluding carboxylic acids is 1. The first-order chi connectivity index (χ1) is 13.1. The summed E-state index contributed by atoms with van der Waals surface area (Å²) < 4.78 is 17.7. The van der Waals surface area contributed by atoms with Crippen LogP contribution in [0.4, 0.5) is 0 Å². The third-order valence-corrected chi connectivity index (χ3v) is 4.63. The van der Waals surface area contributed by atoms with Crippen molar-refractivity contribution < 1.29 is 19.0 Å². The Balaban J connectivity index is 1.72. The molecule has 1 aliphatic heterocycles. The minimum absolute atomic E-state index is 0.0705. The van der Waals surface area contributed by atoms with Crippen LogP contribution >= 0.6 is 0 Å². The van der Waals surface area contributed by atoms with Gasteiger partial charge in [0.2, 0.25) is 5.75 Å². The maximum atomic E-state index is 12.7. The Hall–Kier alpha value is -3.35. The fourth-order valence-electron chi connectivity index (χ4n) is 3.28. The number of aryl methyl sites for hydroxylation is 1. The molecule has 0 radical (unpaired) electrons. The summed E-state index contributed by atoms with van der Waals surface area (Å²) in [5.41, 5.74) is 0.721. The average molecular weight is 366 g/mol. The highest BCUT2D eigenvalue weighted by Gasteiger charge is 2.20. The van der Waals surface area contributed by atoms with Crippen LogP contribution in [0.1, 0.15) is 22.6 Å². The molecule has 0 bridgehead atoms. The number of para-hydroxylation sites is 1. The zero-order valence-electron chi connectivity index (χ0n) is 15.0. The van der Waals surface area contributed by atoms with Gasteiger partial charge in [0.15, 0.2) is 11.5 Å². The fraction of sp³-hybridized carbons (Fsp3) is 0.250. The molecule has 0 unspecified atom stereocenters. The van der Waals surface area contributed by atoms with Crippen LogP contribution < -0.4 is 19.8 Å². The Bertz CT molecular complexity index is 1080. The molecule has 27 heavy (non-hydrogen) atoms. The highest BCUT2D eigenvalue weighted by Crippen LogP contribution is 2.37. The van der Waals surface area contributed by atoms with E-state index in [1.54, 1.807) is 41.0 Å². The van der Waals surface area contributed by atoms with Gasteiger partial charge >= 0.3 is 5.97 Å². The predicted molar refractivity (Wildman–Crippen MR) is 98.8 cm³/mol. The van der Waals surface area contributed by atoms with Crippen molar-refractivity contribution in [3.05, 3.63) is 58.1 Å². The molecule has 0 atom stereocenters. The van der Waals surface area contributed by atoms with E-state index < -0.39 is 5.97 Å². The van der Waals surface area contributed by atoms with Gasteiger partial charge in [-0.15, -0.1) is 0 Å².